The number of nitrogens with one attached hydrogen (secondary N) is 1. The summed E-state index contributed by atoms with van der Waals surface area (Å²) in [5.74, 6) is 0.915. The molecule has 2 aromatic carbocycles. The van der Waals surface area contributed by atoms with Crippen LogP contribution in [0.1, 0.15) is 30.0 Å². The maximum atomic E-state index is 12.3. The highest BCUT2D eigenvalue weighted by molar-refractivity contribution is 5.76. The summed E-state index contributed by atoms with van der Waals surface area (Å²) in [6.07, 6.45) is 1.16. The summed E-state index contributed by atoms with van der Waals surface area (Å²) in [6, 6.07) is 18.0. The van der Waals surface area contributed by atoms with Crippen LogP contribution in [0.4, 0.5) is 0 Å². The van der Waals surface area contributed by atoms with E-state index in [-0.39, 0.29) is 11.9 Å². The second-order valence-electron chi connectivity index (χ2n) is 6.56. The molecule has 0 heterocycles. The Morgan fingerprint density at radius 1 is 1.12 bits per heavy atom. The summed E-state index contributed by atoms with van der Waals surface area (Å²) in [6.45, 7) is 3.35. The summed E-state index contributed by atoms with van der Waals surface area (Å²) < 4.78 is 5.70. The third-order valence-corrected chi connectivity index (χ3v) is 3.89. The average molecular weight is 340 g/mol. The molecule has 2 rings (SSSR count). The number of nitrogens with zero attached hydrogens (tertiary/aromatic N) is 1. The predicted octanol–water partition coefficient (Wildman–Crippen LogP) is 3.57. The SMILES string of the molecule is Cc1cccc(OCCCC(=O)NC(CN(C)C)c2ccccc2)c1. The third-order valence-electron chi connectivity index (χ3n) is 3.89. The van der Waals surface area contributed by atoms with Crippen LogP contribution in [0.25, 0.3) is 0 Å². The van der Waals surface area contributed by atoms with Gasteiger partial charge in [-0.1, -0.05) is 42.5 Å². The van der Waals surface area contributed by atoms with Gasteiger partial charge in [0.2, 0.25) is 5.91 Å². The molecule has 0 spiro atoms. The van der Waals surface area contributed by atoms with E-state index in [1.165, 1.54) is 5.56 Å². The number of aryl methyl sites for hydroxylation is 1. The Balaban J connectivity index is 1.78. The second-order valence-corrected chi connectivity index (χ2v) is 6.56. The van der Waals surface area contributed by atoms with Crippen molar-refractivity contribution in [3.63, 3.8) is 0 Å². The molecule has 0 aliphatic rings. The monoisotopic (exact) mass is 340 g/mol. The number of amides is 1. The fourth-order valence-electron chi connectivity index (χ4n) is 2.68. The lowest BCUT2D eigenvalue weighted by Gasteiger charge is -2.23. The zero-order valence-electron chi connectivity index (χ0n) is 15.4. The molecule has 0 aromatic heterocycles. The zero-order chi connectivity index (χ0) is 18.1. The van der Waals surface area contributed by atoms with E-state index in [2.05, 4.69) is 22.3 Å². The van der Waals surface area contributed by atoms with Crippen molar-refractivity contribution in [1.29, 1.82) is 0 Å². The van der Waals surface area contributed by atoms with Crippen molar-refractivity contribution in [3.8, 4) is 5.75 Å². The lowest BCUT2D eigenvalue weighted by Crippen LogP contribution is -2.35. The molecular formula is C21H28N2O2. The minimum Gasteiger partial charge on any atom is -0.494 e. The Labute approximate surface area is 150 Å². The van der Waals surface area contributed by atoms with E-state index in [1.54, 1.807) is 0 Å². The molecule has 134 valence electrons. The van der Waals surface area contributed by atoms with E-state index >= 15 is 0 Å². The summed E-state index contributed by atoms with van der Waals surface area (Å²) in [5, 5.41) is 3.14. The second kappa shape index (κ2) is 9.84. The van der Waals surface area contributed by atoms with Crippen LogP contribution in [0.3, 0.4) is 0 Å². The van der Waals surface area contributed by atoms with E-state index in [1.807, 2.05) is 63.5 Å². The Morgan fingerprint density at radius 3 is 2.56 bits per heavy atom. The quantitative estimate of drug-likeness (QED) is 0.710. The fourth-order valence-corrected chi connectivity index (χ4v) is 2.68. The normalized spacial score (nSPS) is 12.0. The van der Waals surface area contributed by atoms with Crippen molar-refractivity contribution in [2.75, 3.05) is 27.2 Å². The van der Waals surface area contributed by atoms with Gasteiger partial charge in [0.1, 0.15) is 5.75 Å². The molecule has 0 saturated carbocycles. The number of ether oxygens (including phenoxy) is 1. The van der Waals surface area contributed by atoms with Crippen molar-refractivity contribution in [2.24, 2.45) is 0 Å². The molecule has 0 saturated heterocycles. The highest BCUT2D eigenvalue weighted by Crippen LogP contribution is 2.15. The molecule has 2 aromatic rings. The van der Waals surface area contributed by atoms with Gasteiger partial charge in [0.05, 0.1) is 12.6 Å². The summed E-state index contributed by atoms with van der Waals surface area (Å²) >= 11 is 0. The number of rotatable bonds is 9. The highest BCUT2D eigenvalue weighted by Gasteiger charge is 2.15. The largest absolute Gasteiger partial charge is 0.494 e. The summed E-state index contributed by atoms with van der Waals surface area (Å²) in [7, 11) is 4.02. The molecule has 1 N–H and O–H groups in total. The molecule has 0 aliphatic carbocycles. The van der Waals surface area contributed by atoms with Crippen LogP contribution in [0.15, 0.2) is 54.6 Å². The van der Waals surface area contributed by atoms with Gasteiger partial charge >= 0.3 is 0 Å². The average Bonchev–Trinajstić information content (AvgIpc) is 2.59. The standard InChI is InChI=1S/C21H28N2O2/c1-17-9-7-12-19(15-17)25-14-8-13-21(24)22-20(16-23(2)3)18-10-5-4-6-11-18/h4-7,9-12,15,20H,8,13-14,16H2,1-3H3,(H,22,24). The van der Waals surface area contributed by atoms with Crippen molar-refractivity contribution in [3.05, 3.63) is 65.7 Å². The minimum atomic E-state index is 0.00129. The van der Waals surface area contributed by atoms with Crippen LogP contribution in [0.5, 0.6) is 5.75 Å². The molecule has 1 atom stereocenters. The number of benzene rings is 2. The van der Waals surface area contributed by atoms with Crippen LogP contribution in [-0.2, 0) is 4.79 Å². The van der Waals surface area contributed by atoms with Gasteiger partial charge in [0.25, 0.3) is 0 Å². The smallest absolute Gasteiger partial charge is 0.220 e. The van der Waals surface area contributed by atoms with Crippen molar-refractivity contribution >= 4 is 5.91 Å². The predicted molar refractivity (Wildman–Crippen MR) is 102 cm³/mol. The molecule has 0 fully saturated rings. The molecular weight excluding hydrogens is 312 g/mol. The first-order valence-corrected chi connectivity index (χ1v) is 8.73. The molecule has 4 heteroatoms. The van der Waals surface area contributed by atoms with Gasteiger partial charge in [-0.2, -0.15) is 0 Å². The first-order valence-electron chi connectivity index (χ1n) is 8.73. The lowest BCUT2D eigenvalue weighted by molar-refractivity contribution is -0.122. The van der Waals surface area contributed by atoms with Crippen molar-refractivity contribution in [1.82, 2.24) is 10.2 Å². The number of likely N-dealkylation sites (N-methyl/N-ethyl adjacent to an activating group) is 1. The van der Waals surface area contributed by atoms with Crippen LogP contribution in [0, 0.1) is 6.92 Å². The fraction of sp³-hybridized carbons (Fsp3) is 0.381. The van der Waals surface area contributed by atoms with Gasteiger partial charge in [0, 0.05) is 13.0 Å². The van der Waals surface area contributed by atoms with Gasteiger partial charge in [-0.3, -0.25) is 4.79 Å². The Kier molecular flexibility index (Phi) is 7.48. The molecule has 0 aliphatic heterocycles. The number of hydrogen-bond acceptors (Lipinski definition) is 3. The Hall–Kier alpha value is -2.33. The Morgan fingerprint density at radius 2 is 1.88 bits per heavy atom. The summed E-state index contributed by atoms with van der Waals surface area (Å²) in [5.41, 5.74) is 2.30. The first kappa shape index (κ1) is 19.0. The van der Waals surface area contributed by atoms with Crippen molar-refractivity contribution < 1.29 is 9.53 Å². The topological polar surface area (TPSA) is 41.6 Å². The highest BCUT2D eigenvalue weighted by atomic mass is 16.5. The molecule has 4 nitrogen and oxygen atoms in total. The maximum absolute atomic E-state index is 12.3. The maximum Gasteiger partial charge on any atom is 0.220 e. The zero-order valence-corrected chi connectivity index (χ0v) is 15.4. The number of hydrogen-bond donors (Lipinski definition) is 1. The molecule has 0 bridgehead atoms. The van der Waals surface area contributed by atoms with Crippen LogP contribution in [0.2, 0.25) is 0 Å². The van der Waals surface area contributed by atoms with Crippen LogP contribution >= 0.6 is 0 Å². The first-order chi connectivity index (χ1) is 12.0. The Bertz CT molecular complexity index is 656. The molecule has 25 heavy (non-hydrogen) atoms. The lowest BCUT2D eigenvalue weighted by atomic mass is 10.1. The van der Waals surface area contributed by atoms with Crippen LogP contribution in [-0.4, -0.2) is 38.1 Å². The van der Waals surface area contributed by atoms with Crippen LogP contribution < -0.4 is 10.1 Å². The van der Waals surface area contributed by atoms with Gasteiger partial charge in [-0.05, 0) is 50.7 Å². The van der Waals surface area contributed by atoms with Gasteiger partial charge in [0.15, 0.2) is 0 Å². The van der Waals surface area contributed by atoms with E-state index in [0.29, 0.717) is 19.4 Å². The van der Waals surface area contributed by atoms with E-state index in [9.17, 15) is 4.79 Å². The van der Waals surface area contributed by atoms with E-state index in [4.69, 9.17) is 4.74 Å². The summed E-state index contributed by atoms with van der Waals surface area (Å²) in [4.78, 5) is 14.4. The molecule has 1 amide bonds. The van der Waals surface area contributed by atoms with E-state index < -0.39 is 0 Å². The minimum absolute atomic E-state index is 0.00129. The molecule has 0 radical (unpaired) electrons. The number of carbonyl (C=O) groups excluding carboxylic acids is 1. The van der Waals surface area contributed by atoms with E-state index in [0.717, 1.165) is 17.9 Å². The third kappa shape index (κ3) is 6.98. The molecule has 1 unspecified atom stereocenters. The van der Waals surface area contributed by atoms with Gasteiger partial charge in [-0.25, -0.2) is 0 Å². The van der Waals surface area contributed by atoms with Crippen molar-refractivity contribution in [2.45, 2.75) is 25.8 Å². The number of carbonyl (C=O) groups is 1. The van der Waals surface area contributed by atoms with Gasteiger partial charge in [-0.15, -0.1) is 0 Å². The van der Waals surface area contributed by atoms with Gasteiger partial charge < -0.3 is 15.0 Å².